The Balaban J connectivity index is 2.81. The van der Waals surface area contributed by atoms with Gasteiger partial charge in [0.25, 0.3) is 0 Å². The molecule has 0 radical (unpaired) electrons. The van der Waals surface area contributed by atoms with Crippen molar-refractivity contribution in [3.8, 4) is 0 Å². The number of halogens is 1. The number of hydrogen-bond donors (Lipinski definition) is 0. The van der Waals surface area contributed by atoms with Crippen LogP contribution < -0.4 is 0 Å². The van der Waals surface area contributed by atoms with Gasteiger partial charge in [0.15, 0.2) is 3.92 Å². The fourth-order valence-corrected chi connectivity index (χ4v) is 2.48. The second-order valence-electron chi connectivity index (χ2n) is 2.22. The Labute approximate surface area is 73.6 Å². The highest BCUT2D eigenvalue weighted by atomic mass is 79.9. The maximum Gasteiger partial charge on any atom is 0.159 e. The molecule has 0 aliphatic rings. The van der Waals surface area contributed by atoms with Gasteiger partial charge in [0, 0.05) is 4.88 Å². The van der Waals surface area contributed by atoms with Gasteiger partial charge < -0.3 is 0 Å². The van der Waals surface area contributed by atoms with Crippen molar-refractivity contribution in [2.45, 2.75) is 26.7 Å². The first kappa shape index (κ1) is 8.21. The van der Waals surface area contributed by atoms with Crippen molar-refractivity contribution in [3.05, 3.63) is 14.5 Å². The molecule has 0 amide bonds. The summed E-state index contributed by atoms with van der Waals surface area (Å²) in [7, 11) is 0. The first-order valence-corrected chi connectivity index (χ1v) is 4.96. The normalized spacial score (nSPS) is 10.3. The smallest absolute Gasteiger partial charge is 0.159 e. The lowest BCUT2D eigenvalue weighted by molar-refractivity contribution is 0.882. The monoisotopic (exact) mass is 219 g/mol. The van der Waals surface area contributed by atoms with Crippen LogP contribution in [-0.2, 0) is 6.42 Å². The van der Waals surface area contributed by atoms with Gasteiger partial charge in [-0.25, -0.2) is 4.98 Å². The van der Waals surface area contributed by atoms with E-state index in [-0.39, 0.29) is 0 Å². The fraction of sp³-hybridized carbons (Fsp3) is 0.571. The zero-order valence-corrected chi connectivity index (χ0v) is 8.55. The van der Waals surface area contributed by atoms with Gasteiger partial charge in [-0.3, -0.25) is 0 Å². The SMILES string of the molecule is CCCc1nc(Br)sc1C. The standard InChI is InChI=1S/C7H10BrNS/c1-3-4-6-5(2)10-7(8)9-6/h3-4H2,1-2H3. The molecule has 0 aliphatic carbocycles. The molecule has 3 heteroatoms. The van der Waals surface area contributed by atoms with Crippen molar-refractivity contribution in [2.24, 2.45) is 0 Å². The van der Waals surface area contributed by atoms with E-state index in [1.807, 2.05) is 0 Å². The largest absolute Gasteiger partial charge is 0.234 e. The Morgan fingerprint density at radius 2 is 2.30 bits per heavy atom. The summed E-state index contributed by atoms with van der Waals surface area (Å²) in [5.74, 6) is 0. The third-order valence-electron chi connectivity index (χ3n) is 1.35. The molecular weight excluding hydrogens is 210 g/mol. The first-order valence-electron chi connectivity index (χ1n) is 3.36. The molecule has 0 atom stereocenters. The molecule has 0 unspecified atom stereocenters. The van der Waals surface area contributed by atoms with Gasteiger partial charge in [-0.1, -0.05) is 13.3 Å². The molecule has 1 heterocycles. The van der Waals surface area contributed by atoms with Gasteiger partial charge >= 0.3 is 0 Å². The topological polar surface area (TPSA) is 12.9 Å². The molecule has 0 aromatic carbocycles. The molecule has 0 saturated heterocycles. The molecule has 1 aromatic heterocycles. The van der Waals surface area contributed by atoms with E-state index < -0.39 is 0 Å². The number of aryl methyl sites for hydroxylation is 2. The lowest BCUT2D eigenvalue weighted by atomic mass is 10.2. The maximum atomic E-state index is 4.34. The van der Waals surface area contributed by atoms with Gasteiger partial charge in [-0.05, 0) is 29.3 Å². The second-order valence-corrected chi connectivity index (χ2v) is 4.70. The first-order chi connectivity index (χ1) is 4.74. The van der Waals surface area contributed by atoms with E-state index in [1.54, 1.807) is 11.3 Å². The summed E-state index contributed by atoms with van der Waals surface area (Å²) in [5, 5.41) is 0. The average Bonchev–Trinajstić information content (AvgIpc) is 2.13. The van der Waals surface area contributed by atoms with Crippen LogP contribution in [0.1, 0.15) is 23.9 Å². The van der Waals surface area contributed by atoms with E-state index in [4.69, 9.17) is 0 Å². The summed E-state index contributed by atoms with van der Waals surface area (Å²) in [4.78, 5) is 5.68. The van der Waals surface area contributed by atoms with E-state index in [0.29, 0.717) is 0 Å². The van der Waals surface area contributed by atoms with Crippen molar-refractivity contribution in [1.29, 1.82) is 0 Å². The summed E-state index contributed by atoms with van der Waals surface area (Å²) >= 11 is 5.08. The maximum absolute atomic E-state index is 4.34. The van der Waals surface area contributed by atoms with Crippen LogP contribution in [0.15, 0.2) is 3.92 Å². The van der Waals surface area contributed by atoms with Gasteiger partial charge in [-0.15, -0.1) is 11.3 Å². The van der Waals surface area contributed by atoms with Crippen LogP contribution in [-0.4, -0.2) is 4.98 Å². The molecule has 1 aromatic rings. The Morgan fingerprint density at radius 3 is 2.70 bits per heavy atom. The third kappa shape index (κ3) is 1.80. The molecule has 0 bridgehead atoms. The van der Waals surface area contributed by atoms with E-state index in [2.05, 4.69) is 34.8 Å². The quantitative estimate of drug-likeness (QED) is 0.745. The van der Waals surface area contributed by atoms with E-state index in [1.165, 1.54) is 17.0 Å². The van der Waals surface area contributed by atoms with Crippen LogP contribution >= 0.6 is 27.3 Å². The molecule has 0 aliphatic heterocycles. The molecule has 0 saturated carbocycles. The Hall–Kier alpha value is 0.110. The van der Waals surface area contributed by atoms with Gasteiger partial charge in [0.2, 0.25) is 0 Å². The second kappa shape index (κ2) is 3.49. The van der Waals surface area contributed by atoms with Crippen molar-refractivity contribution in [3.63, 3.8) is 0 Å². The van der Waals surface area contributed by atoms with Crippen LogP contribution in [0.2, 0.25) is 0 Å². The highest BCUT2D eigenvalue weighted by Gasteiger charge is 2.02. The highest BCUT2D eigenvalue weighted by molar-refractivity contribution is 9.11. The molecule has 56 valence electrons. The van der Waals surface area contributed by atoms with Gasteiger partial charge in [-0.2, -0.15) is 0 Å². The number of aromatic nitrogens is 1. The van der Waals surface area contributed by atoms with E-state index >= 15 is 0 Å². The summed E-state index contributed by atoms with van der Waals surface area (Å²) in [6, 6.07) is 0. The van der Waals surface area contributed by atoms with Crippen molar-refractivity contribution in [2.75, 3.05) is 0 Å². The minimum Gasteiger partial charge on any atom is -0.234 e. The lowest BCUT2D eigenvalue weighted by Gasteiger charge is -1.90. The molecule has 0 N–H and O–H groups in total. The van der Waals surface area contributed by atoms with Gasteiger partial charge in [0.05, 0.1) is 5.69 Å². The predicted octanol–water partition coefficient (Wildman–Crippen LogP) is 3.17. The number of hydrogen-bond acceptors (Lipinski definition) is 2. The molecule has 0 spiro atoms. The minimum atomic E-state index is 1.01. The van der Waals surface area contributed by atoms with Crippen LogP contribution in [0.5, 0.6) is 0 Å². The Morgan fingerprint density at radius 1 is 1.60 bits per heavy atom. The molecule has 1 nitrogen and oxygen atoms in total. The van der Waals surface area contributed by atoms with Gasteiger partial charge in [0.1, 0.15) is 0 Å². The highest BCUT2D eigenvalue weighted by Crippen LogP contribution is 2.22. The van der Waals surface area contributed by atoms with E-state index in [9.17, 15) is 0 Å². The summed E-state index contributed by atoms with van der Waals surface area (Å²) in [6.07, 6.45) is 2.28. The molecule has 10 heavy (non-hydrogen) atoms. The van der Waals surface area contributed by atoms with Crippen LogP contribution in [0.4, 0.5) is 0 Å². The number of nitrogens with zero attached hydrogens (tertiary/aromatic N) is 1. The van der Waals surface area contributed by atoms with Crippen LogP contribution in [0.25, 0.3) is 0 Å². The fourth-order valence-electron chi connectivity index (χ4n) is 0.862. The van der Waals surface area contributed by atoms with Crippen molar-refractivity contribution >= 4 is 27.3 Å². The zero-order chi connectivity index (χ0) is 7.56. The minimum absolute atomic E-state index is 1.01. The van der Waals surface area contributed by atoms with Crippen molar-refractivity contribution in [1.82, 2.24) is 4.98 Å². The lowest BCUT2D eigenvalue weighted by Crippen LogP contribution is -1.84. The number of rotatable bonds is 2. The Bertz CT molecular complexity index is 219. The molecule has 0 fully saturated rings. The molecule has 1 rings (SSSR count). The number of thiazole rings is 1. The van der Waals surface area contributed by atoms with Crippen LogP contribution in [0.3, 0.4) is 0 Å². The average molecular weight is 220 g/mol. The van der Waals surface area contributed by atoms with Crippen molar-refractivity contribution < 1.29 is 0 Å². The van der Waals surface area contributed by atoms with E-state index in [0.717, 1.165) is 10.3 Å². The van der Waals surface area contributed by atoms with Crippen LogP contribution in [0, 0.1) is 6.92 Å². The molecular formula is C7H10BrNS. The third-order valence-corrected chi connectivity index (χ3v) is 2.82. The summed E-state index contributed by atoms with van der Waals surface area (Å²) in [6.45, 7) is 4.29. The Kier molecular flexibility index (Phi) is 2.86. The summed E-state index contributed by atoms with van der Waals surface area (Å²) < 4.78 is 1.01. The summed E-state index contributed by atoms with van der Waals surface area (Å²) in [5.41, 5.74) is 1.25. The zero-order valence-electron chi connectivity index (χ0n) is 6.15. The predicted molar refractivity (Wildman–Crippen MR) is 48.5 cm³/mol.